The highest BCUT2D eigenvalue weighted by Gasteiger charge is 2.32. The zero-order valence-electron chi connectivity index (χ0n) is 12.3. The summed E-state index contributed by atoms with van der Waals surface area (Å²) in [5.41, 5.74) is 0.535. The van der Waals surface area contributed by atoms with E-state index < -0.39 is 12.0 Å². The van der Waals surface area contributed by atoms with E-state index in [1.165, 1.54) is 11.0 Å². The summed E-state index contributed by atoms with van der Waals surface area (Å²) < 4.78 is 6.80. The van der Waals surface area contributed by atoms with Gasteiger partial charge in [0, 0.05) is 24.2 Å². The third-order valence-electron chi connectivity index (χ3n) is 3.92. The van der Waals surface area contributed by atoms with E-state index in [-0.39, 0.29) is 31.0 Å². The Hall–Kier alpha value is -2.67. The molecule has 2 heterocycles. The Labute approximate surface area is 131 Å². The Kier molecular flexibility index (Phi) is 4.12. The fraction of sp³-hybridized carbons (Fsp3) is 0.312. The van der Waals surface area contributed by atoms with Crippen LogP contribution in [0.2, 0.25) is 0 Å². The van der Waals surface area contributed by atoms with Crippen LogP contribution in [0, 0.1) is 0 Å². The summed E-state index contributed by atoms with van der Waals surface area (Å²) >= 11 is 0. The maximum atomic E-state index is 12.5. The van der Waals surface area contributed by atoms with Crippen LogP contribution >= 0.6 is 0 Å². The van der Waals surface area contributed by atoms with Crippen molar-refractivity contribution in [2.75, 3.05) is 19.8 Å². The van der Waals surface area contributed by atoms with E-state index in [2.05, 4.69) is 0 Å². The lowest BCUT2D eigenvalue weighted by atomic mass is 10.2. The molecule has 1 amide bonds. The number of nitrogens with zero attached hydrogens (tertiary/aromatic N) is 2. The lowest BCUT2D eigenvalue weighted by Crippen LogP contribution is -2.53. The lowest BCUT2D eigenvalue weighted by molar-refractivity contribution is -0.158. The summed E-state index contributed by atoms with van der Waals surface area (Å²) in [5, 5.41) is 9.74. The molecular formula is C16H16N2O5. The predicted octanol–water partition coefficient (Wildman–Crippen LogP) is 0.314. The minimum absolute atomic E-state index is 0.00795. The second-order valence-electron chi connectivity index (χ2n) is 5.34. The van der Waals surface area contributed by atoms with E-state index in [1.54, 1.807) is 35.0 Å². The van der Waals surface area contributed by atoms with Gasteiger partial charge < -0.3 is 19.3 Å². The normalized spacial score (nSPS) is 18.1. The van der Waals surface area contributed by atoms with Crippen LogP contribution in [0.3, 0.4) is 0 Å². The second-order valence-corrected chi connectivity index (χ2v) is 5.34. The number of benzene rings is 1. The highest BCUT2D eigenvalue weighted by Crippen LogP contribution is 2.12. The van der Waals surface area contributed by atoms with E-state index >= 15 is 0 Å². The molecule has 1 fully saturated rings. The number of ether oxygens (including phenoxy) is 1. The van der Waals surface area contributed by atoms with Gasteiger partial charge in [0.1, 0.15) is 6.54 Å². The number of rotatable bonds is 3. The molecular weight excluding hydrogens is 300 g/mol. The first-order valence-electron chi connectivity index (χ1n) is 7.26. The van der Waals surface area contributed by atoms with E-state index in [0.717, 1.165) is 0 Å². The number of fused-ring (bicyclic) bond motifs is 1. The Morgan fingerprint density at radius 2 is 2.04 bits per heavy atom. The molecule has 2 aromatic rings. The molecule has 0 saturated carbocycles. The molecule has 1 aliphatic heterocycles. The van der Waals surface area contributed by atoms with Gasteiger partial charge in [-0.25, -0.2) is 4.79 Å². The summed E-state index contributed by atoms with van der Waals surface area (Å²) in [6, 6.07) is 7.45. The summed E-state index contributed by atoms with van der Waals surface area (Å²) in [6.07, 6.45) is 1.55. The van der Waals surface area contributed by atoms with Gasteiger partial charge in [0.2, 0.25) is 5.91 Å². The monoisotopic (exact) mass is 316 g/mol. The lowest BCUT2D eigenvalue weighted by Gasteiger charge is -2.33. The van der Waals surface area contributed by atoms with Crippen molar-refractivity contribution >= 4 is 22.8 Å². The number of pyridine rings is 1. The van der Waals surface area contributed by atoms with Crippen molar-refractivity contribution in [1.29, 1.82) is 0 Å². The van der Waals surface area contributed by atoms with E-state index in [0.29, 0.717) is 17.5 Å². The maximum absolute atomic E-state index is 12.5. The fourth-order valence-corrected chi connectivity index (χ4v) is 2.74. The largest absolute Gasteiger partial charge is 0.480 e. The first kappa shape index (κ1) is 15.2. The molecule has 1 N–H and O–H groups in total. The first-order chi connectivity index (χ1) is 11.1. The molecule has 1 aromatic carbocycles. The highest BCUT2D eigenvalue weighted by atomic mass is 16.5. The van der Waals surface area contributed by atoms with Crippen LogP contribution < -0.4 is 5.43 Å². The van der Waals surface area contributed by atoms with Gasteiger partial charge in [0.25, 0.3) is 0 Å². The molecule has 7 heteroatoms. The van der Waals surface area contributed by atoms with Crippen LogP contribution in [0.5, 0.6) is 0 Å². The van der Waals surface area contributed by atoms with Crippen molar-refractivity contribution in [2.45, 2.75) is 12.6 Å². The van der Waals surface area contributed by atoms with Gasteiger partial charge in [-0.2, -0.15) is 0 Å². The number of carbonyl (C=O) groups excluding carboxylic acids is 1. The SMILES string of the molecule is O=C(O)[C@H]1COCCN1C(=O)Cn1ccc(=O)c2ccccc21. The smallest absolute Gasteiger partial charge is 0.328 e. The Bertz CT molecular complexity index is 813. The van der Waals surface area contributed by atoms with Crippen LogP contribution in [0.25, 0.3) is 10.9 Å². The quantitative estimate of drug-likeness (QED) is 0.880. The molecule has 1 atom stereocenters. The summed E-state index contributed by atoms with van der Waals surface area (Å²) in [4.78, 5) is 37.0. The van der Waals surface area contributed by atoms with Gasteiger partial charge in [0.15, 0.2) is 11.5 Å². The topological polar surface area (TPSA) is 88.8 Å². The number of aromatic nitrogens is 1. The molecule has 120 valence electrons. The number of carboxylic acid groups (broad SMARTS) is 1. The average Bonchev–Trinajstić information content (AvgIpc) is 2.57. The predicted molar refractivity (Wildman–Crippen MR) is 82.2 cm³/mol. The number of aliphatic carboxylic acids is 1. The van der Waals surface area contributed by atoms with Crippen molar-refractivity contribution < 1.29 is 19.4 Å². The van der Waals surface area contributed by atoms with Gasteiger partial charge in [-0.05, 0) is 12.1 Å². The average molecular weight is 316 g/mol. The Morgan fingerprint density at radius 1 is 1.26 bits per heavy atom. The van der Waals surface area contributed by atoms with Crippen molar-refractivity contribution in [2.24, 2.45) is 0 Å². The van der Waals surface area contributed by atoms with Gasteiger partial charge in [-0.15, -0.1) is 0 Å². The molecule has 23 heavy (non-hydrogen) atoms. The zero-order valence-corrected chi connectivity index (χ0v) is 12.3. The third-order valence-corrected chi connectivity index (χ3v) is 3.92. The standard InChI is InChI=1S/C16H16N2O5/c19-14-5-6-17(12-4-2-1-3-11(12)14)9-15(20)18-7-8-23-10-13(18)16(21)22/h1-6,13H,7-10H2,(H,21,22)/t13-/m1/s1. The van der Waals surface area contributed by atoms with Crippen molar-refractivity contribution in [3.8, 4) is 0 Å². The van der Waals surface area contributed by atoms with E-state index in [1.807, 2.05) is 0 Å². The van der Waals surface area contributed by atoms with Gasteiger partial charge in [-0.1, -0.05) is 12.1 Å². The molecule has 0 radical (unpaired) electrons. The maximum Gasteiger partial charge on any atom is 0.328 e. The van der Waals surface area contributed by atoms with Gasteiger partial charge in [0.05, 0.1) is 18.7 Å². The molecule has 0 unspecified atom stereocenters. The van der Waals surface area contributed by atoms with Crippen LogP contribution in [0.1, 0.15) is 0 Å². The Balaban J connectivity index is 1.90. The van der Waals surface area contributed by atoms with Gasteiger partial charge in [-0.3, -0.25) is 9.59 Å². The second kappa shape index (κ2) is 6.21. The number of hydrogen-bond donors (Lipinski definition) is 1. The number of carboxylic acids is 1. The molecule has 1 saturated heterocycles. The highest BCUT2D eigenvalue weighted by molar-refractivity contribution is 5.85. The molecule has 0 bridgehead atoms. The molecule has 1 aliphatic rings. The minimum Gasteiger partial charge on any atom is -0.480 e. The fourth-order valence-electron chi connectivity index (χ4n) is 2.74. The molecule has 0 aliphatic carbocycles. The zero-order chi connectivity index (χ0) is 16.4. The molecule has 1 aromatic heterocycles. The van der Waals surface area contributed by atoms with Crippen LogP contribution in [0.4, 0.5) is 0 Å². The molecule has 0 spiro atoms. The van der Waals surface area contributed by atoms with E-state index in [9.17, 15) is 19.5 Å². The Morgan fingerprint density at radius 3 is 2.83 bits per heavy atom. The number of para-hydroxylation sites is 1. The third kappa shape index (κ3) is 2.95. The van der Waals surface area contributed by atoms with Crippen molar-refractivity contribution in [1.82, 2.24) is 9.47 Å². The van der Waals surface area contributed by atoms with Crippen molar-refractivity contribution in [3.63, 3.8) is 0 Å². The first-order valence-corrected chi connectivity index (χ1v) is 7.26. The number of morpholine rings is 1. The van der Waals surface area contributed by atoms with Crippen LogP contribution in [0.15, 0.2) is 41.3 Å². The van der Waals surface area contributed by atoms with Gasteiger partial charge >= 0.3 is 5.97 Å². The summed E-state index contributed by atoms with van der Waals surface area (Å²) in [7, 11) is 0. The number of amides is 1. The summed E-state index contributed by atoms with van der Waals surface area (Å²) in [6.45, 7) is 0.533. The van der Waals surface area contributed by atoms with Crippen LogP contribution in [-0.4, -0.2) is 52.3 Å². The summed E-state index contributed by atoms with van der Waals surface area (Å²) in [5.74, 6) is -1.39. The van der Waals surface area contributed by atoms with Crippen LogP contribution in [-0.2, 0) is 20.9 Å². The number of hydrogen-bond acceptors (Lipinski definition) is 4. The minimum atomic E-state index is -1.08. The number of carbonyl (C=O) groups is 2. The molecule has 3 rings (SSSR count). The van der Waals surface area contributed by atoms with Crippen molar-refractivity contribution in [3.05, 3.63) is 46.8 Å². The molecule has 7 nitrogen and oxygen atoms in total. The van der Waals surface area contributed by atoms with E-state index in [4.69, 9.17) is 4.74 Å².